The molecule has 0 bridgehead atoms. The van der Waals surface area contributed by atoms with Crippen LogP contribution in [0.4, 0.5) is 9.59 Å². The van der Waals surface area contributed by atoms with Gasteiger partial charge in [0.2, 0.25) is 0 Å². The maximum atomic E-state index is 12.3. The number of piperidine rings is 1. The molecule has 0 unspecified atom stereocenters. The molecular weight excluding hydrogens is 288 g/mol. The summed E-state index contributed by atoms with van der Waals surface area (Å²) in [5.41, 5.74) is -0.533. The first-order valence-electron chi connectivity index (χ1n) is 7.67. The van der Waals surface area contributed by atoms with E-state index in [9.17, 15) is 9.59 Å². The van der Waals surface area contributed by atoms with Crippen LogP contribution >= 0.6 is 0 Å². The van der Waals surface area contributed by atoms with Gasteiger partial charge in [0.15, 0.2) is 0 Å². The molecule has 7 heteroatoms. The van der Waals surface area contributed by atoms with Crippen molar-refractivity contribution in [1.82, 2.24) is 9.80 Å². The van der Waals surface area contributed by atoms with Crippen molar-refractivity contribution in [3.05, 3.63) is 0 Å². The Morgan fingerprint density at radius 2 is 1.86 bits per heavy atom. The second-order valence-electron chi connectivity index (χ2n) is 6.63. The predicted octanol–water partition coefficient (Wildman–Crippen LogP) is 2.26. The summed E-state index contributed by atoms with van der Waals surface area (Å²) < 4.78 is 10.5. The molecule has 0 radical (unpaired) electrons. The molecule has 128 valence electrons. The molecule has 0 spiro atoms. The molecule has 0 aromatic heterocycles. The molecule has 1 fully saturated rings. The van der Waals surface area contributed by atoms with Gasteiger partial charge in [0, 0.05) is 33.3 Å². The lowest BCUT2D eigenvalue weighted by atomic mass is 9.96. The second kappa shape index (κ2) is 8.22. The lowest BCUT2D eigenvalue weighted by Crippen LogP contribution is -2.44. The summed E-state index contributed by atoms with van der Waals surface area (Å²) >= 11 is 0. The number of likely N-dealkylation sites (tertiary alicyclic amines) is 1. The third-order valence-electron chi connectivity index (χ3n) is 3.58. The molecule has 1 aliphatic rings. The van der Waals surface area contributed by atoms with E-state index in [4.69, 9.17) is 14.6 Å². The van der Waals surface area contributed by atoms with E-state index in [0.29, 0.717) is 38.7 Å². The molecule has 1 saturated heterocycles. The SMILES string of the molecule is COCCN(CC1CCN(C(=O)O)CC1)C(=O)OC(C)(C)C. The van der Waals surface area contributed by atoms with Crippen molar-refractivity contribution < 1.29 is 24.2 Å². The molecule has 22 heavy (non-hydrogen) atoms. The Hall–Kier alpha value is -1.50. The molecule has 0 atom stereocenters. The Labute approximate surface area is 132 Å². The first-order valence-corrected chi connectivity index (χ1v) is 7.67. The van der Waals surface area contributed by atoms with Gasteiger partial charge in [-0.05, 0) is 39.5 Å². The fourth-order valence-corrected chi connectivity index (χ4v) is 2.40. The van der Waals surface area contributed by atoms with Crippen LogP contribution in [0.2, 0.25) is 0 Å². The van der Waals surface area contributed by atoms with E-state index >= 15 is 0 Å². The number of amides is 2. The van der Waals surface area contributed by atoms with Gasteiger partial charge < -0.3 is 24.4 Å². The van der Waals surface area contributed by atoms with Crippen LogP contribution in [-0.4, -0.2) is 72.6 Å². The number of hydrogen-bond acceptors (Lipinski definition) is 4. The topological polar surface area (TPSA) is 79.3 Å². The molecule has 7 nitrogen and oxygen atoms in total. The average Bonchev–Trinajstić information content (AvgIpc) is 2.42. The van der Waals surface area contributed by atoms with Crippen molar-refractivity contribution in [2.24, 2.45) is 5.92 Å². The van der Waals surface area contributed by atoms with E-state index in [1.54, 1.807) is 12.0 Å². The van der Waals surface area contributed by atoms with Crippen LogP contribution in [0.25, 0.3) is 0 Å². The zero-order valence-electron chi connectivity index (χ0n) is 14.0. The fourth-order valence-electron chi connectivity index (χ4n) is 2.40. The minimum atomic E-state index is -0.873. The van der Waals surface area contributed by atoms with E-state index < -0.39 is 11.7 Å². The smallest absolute Gasteiger partial charge is 0.410 e. The number of carbonyl (C=O) groups excluding carboxylic acids is 1. The number of methoxy groups -OCH3 is 1. The van der Waals surface area contributed by atoms with Gasteiger partial charge in [-0.15, -0.1) is 0 Å². The summed E-state index contributed by atoms with van der Waals surface area (Å²) in [7, 11) is 1.60. The predicted molar refractivity (Wildman–Crippen MR) is 82.0 cm³/mol. The van der Waals surface area contributed by atoms with E-state index in [1.165, 1.54) is 4.90 Å². The normalized spacial score (nSPS) is 16.5. The van der Waals surface area contributed by atoms with Gasteiger partial charge >= 0.3 is 12.2 Å². The van der Waals surface area contributed by atoms with Crippen molar-refractivity contribution in [1.29, 1.82) is 0 Å². The lowest BCUT2D eigenvalue weighted by molar-refractivity contribution is 0.0143. The monoisotopic (exact) mass is 316 g/mol. The summed E-state index contributed by atoms with van der Waals surface area (Å²) in [6.07, 6.45) is 0.309. The standard InChI is InChI=1S/C15H28N2O5/c1-15(2,3)22-14(20)17(9-10-21-4)11-12-5-7-16(8-6-12)13(18)19/h12H,5-11H2,1-4H3,(H,18,19). The number of carbonyl (C=O) groups is 2. The Balaban J connectivity index is 2.54. The van der Waals surface area contributed by atoms with Gasteiger partial charge in [-0.3, -0.25) is 0 Å². The van der Waals surface area contributed by atoms with Crippen molar-refractivity contribution in [2.45, 2.75) is 39.2 Å². The highest BCUT2D eigenvalue weighted by Gasteiger charge is 2.27. The highest BCUT2D eigenvalue weighted by atomic mass is 16.6. The first-order chi connectivity index (χ1) is 10.2. The van der Waals surface area contributed by atoms with E-state index in [1.807, 2.05) is 20.8 Å². The highest BCUT2D eigenvalue weighted by Crippen LogP contribution is 2.20. The average molecular weight is 316 g/mol. The zero-order chi connectivity index (χ0) is 16.8. The van der Waals surface area contributed by atoms with Gasteiger partial charge in [-0.2, -0.15) is 0 Å². The molecule has 0 aromatic rings. The van der Waals surface area contributed by atoms with Crippen LogP contribution in [-0.2, 0) is 9.47 Å². The minimum absolute atomic E-state index is 0.292. The zero-order valence-corrected chi connectivity index (χ0v) is 14.0. The van der Waals surface area contributed by atoms with Gasteiger partial charge in [0.05, 0.1) is 6.61 Å². The molecule has 1 rings (SSSR count). The van der Waals surface area contributed by atoms with E-state index in [2.05, 4.69) is 0 Å². The van der Waals surface area contributed by atoms with Crippen LogP contribution < -0.4 is 0 Å². The summed E-state index contributed by atoms with van der Waals surface area (Å²) in [4.78, 5) is 26.3. The number of hydrogen-bond donors (Lipinski definition) is 1. The molecular formula is C15H28N2O5. The number of ether oxygens (including phenoxy) is 2. The highest BCUT2D eigenvalue weighted by molar-refractivity contribution is 5.68. The molecule has 1 heterocycles. The summed E-state index contributed by atoms with van der Waals surface area (Å²) in [5, 5.41) is 8.96. The third kappa shape index (κ3) is 6.51. The Kier molecular flexibility index (Phi) is 6.93. The quantitative estimate of drug-likeness (QED) is 0.841. The fraction of sp³-hybridized carbons (Fsp3) is 0.867. The molecule has 0 aromatic carbocycles. The molecule has 1 aliphatic heterocycles. The Bertz CT molecular complexity index is 373. The summed E-state index contributed by atoms with van der Waals surface area (Å²) in [6.45, 7) is 8.06. The van der Waals surface area contributed by atoms with Crippen molar-refractivity contribution in [3.8, 4) is 0 Å². The second-order valence-corrected chi connectivity index (χ2v) is 6.63. The number of carboxylic acid groups (broad SMARTS) is 1. The summed E-state index contributed by atoms with van der Waals surface area (Å²) in [5.74, 6) is 0.292. The van der Waals surface area contributed by atoms with E-state index in [-0.39, 0.29) is 6.09 Å². The van der Waals surface area contributed by atoms with Crippen LogP contribution in [0.3, 0.4) is 0 Å². The van der Waals surface area contributed by atoms with Gasteiger partial charge in [0.25, 0.3) is 0 Å². The van der Waals surface area contributed by atoms with Crippen molar-refractivity contribution >= 4 is 12.2 Å². The third-order valence-corrected chi connectivity index (χ3v) is 3.58. The van der Waals surface area contributed by atoms with Crippen molar-refractivity contribution in [3.63, 3.8) is 0 Å². The molecule has 0 saturated carbocycles. The molecule has 1 N–H and O–H groups in total. The maximum absolute atomic E-state index is 12.3. The van der Waals surface area contributed by atoms with Gasteiger partial charge in [-0.1, -0.05) is 0 Å². The summed E-state index contributed by atoms with van der Waals surface area (Å²) in [6, 6.07) is 0. The lowest BCUT2D eigenvalue weighted by Gasteiger charge is -2.34. The number of nitrogens with zero attached hydrogens (tertiary/aromatic N) is 2. The van der Waals surface area contributed by atoms with Crippen LogP contribution in [0.15, 0.2) is 0 Å². The van der Waals surface area contributed by atoms with E-state index in [0.717, 1.165) is 12.8 Å². The Morgan fingerprint density at radius 1 is 1.27 bits per heavy atom. The van der Waals surface area contributed by atoms with Gasteiger partial charge in [-0.25, -0.2) is 9.59 Å². The molecule has 0 aliphatic carbocycles. The minimum Gasteiger partial charge on any atom is -0.465 e. The van der Waals surface area contributed by atoms with Crippen LogP contribution in [0.5, 0.6) is 0 Å². The van der Waals surface area contributed by atoms with Crippen molar-refractivity contribution in [2.75, 3.05) is 39.9 Å². The Morgan fingerprint density at radius 3 is 2.32 bits per heavy atom. The number of rotatable bonds is 5. The van der Waals surface area contributed by atoms with Crippen LogP contribution in [0.1, 0.15) is 33.6 Å². The molecule has 2 amide bonds. The van der Waals surface area contributed by atoms with Crippen LogP contribution in [0, 0.1) is 5.92 Å². The van der Waals surface area contributed by atoms with Gasteiger partial charge in [0.1, 0.15) is 5.60 Å². The maximum Gasteiger partial charge on any atom is 0.410 e. The first kappa shape index (κ1) is 18.5. The largest absolute Gasteiger partial charge is 0.465 e.